The Morgan fingerprint density at radius 3 is 2.71 bits per heavy atom. The van der Waals surface area contributed by atoms with Gasteiger partial charge in [-0.1, -0.05) is 6.42 Å². The number of hydrogen-bond acceptors (Lipinski definition) is 2. The van der Waals surface area contributed by atoms with Gasteiger partial charge < -0.3 is 10.1 Å². The molecule has 2 atom stereocenters. The van der Waals surface area contributed by atoms with Gasteiger partial charge in [0.05, 0.1) is 0 Å². The fourth-order valence-electron chi connectivity index (χ4n) is 2.76. The van der Waals surface area contributed by atoms with Crippen molar-refractivity contribution in [1.82, 2.24) is 5.32 Å². The zero-order valence-corrected chi connectivity index (χ0v) is 11.0. The highest BCUT2D eigenvalue weighted by Crippen LogP contribution is 2.27. The van der Waals surface area contributed by atoms with Gasteiger partial charge in [-0.2, -0.15) is 0 Å². The van der Waals surface area contributed by atoms with Gasteiger partial charge in [-0.15, -0.1) is 11.6 Å². The lowest BCUT2D eigenvalue weighted by molar-refractivity contribution is -0.128. The summed E-state index contributed by atoms with van der Waals surface area (Å²) in [5, 5.41) is 3.40. The van der Waals surface area contributed by atoms with Gasteiger partial charge in [-0.05, 0) is 38.0 Å². The quantitative estimate of drug-likeness (QED) is 0.790. The van der Waals surface area contributed by atoms with Crippen molar-refractivity contribution in [1.29, 1.82) is 0 Å². The molecule has 0 spiro atoms. The van der Waals surface area contributed by atoms with Gasteiger partial charge in [0.1, 0.15) is 0 Å². The molecule has 1 N–H and O–H groups in total. The first kappa shape index (κ1) is 13.2. The molecule has 2 fully saturated rings. The first-order valence-corrected chi connectivity index (χ1v) is 7.19. The highest BCUT2D eigenvalue weighted by Gasteiger charge is 2.24. The summed E-state index contributed by atoms with van der Waals surface area (Å²) in [5.74, 6) is 0.958. The molecule has 1 heterocycles. The van der Waals surface area contributed by atoms with Crippen LogP contribution < -0.4 is 5.32 Å². The molecule has 1 saturated heterocycles. The van der Waals surface area contributed by atoms with Crippen molar-refractivity contribution in [2.75, 3.05) is 19.8 Å². The van der Waals surface area contributed by atoms with Crippen LogP contribution in [0.2, 0.25) is 0 Å². The van der Waals surface area contributed by atoms with Gasteiger partial charge >= 0.3 is 0 Å². The second-order valence-corrected chi connectivity index (χ2v) is 5.88. The molecule has 2 unspecified atom stereocenters. The molecule has 0 aromatic carbocycles. The number of amides is 1. The summed E-state index contributed by atoms with van der Waals surface area (Å²) < 4.78 is 5.26. The van der Waals surface area contributed by atoms with Crippen LogP contribution in [0.15, 0.2) is 0 Å². The number of halogens is 1. The number of carbonyl (C=O) groups excluding carboxylic acids is 1. The van der Waals surface area contributed by atoms with E-state index in [0.29, 0.717) is 11.3 Å². The minimum absolute atomic E-state index is 0.166. The van der Waals surface area contributed by atoms with Gasteiger partial charge in [0.2, 0.25) is 5.91 Å². The Bertz CT molecular complexity index is 254. The summed E-state index contributed by atoms with van der Waals surface area (Å²) in [5.41, 5.74) is 0. The van der Waals surface area contributed by atoms with Gasteiger partial charge in [-0.3, -0.25) is 4.79 Å². The van der Waals surface area contributed by atoms with Crippen molar-refractivity contribution in [3.63, 3.8) is 0 Å². The Morgan fingerprint density at radius 1 is 1.24 bits per heavy atom. The van der Waals surface area contributed by atoms with E-state index in [4.69, 9.17) is 16.3 Å². The second-order valence-electron chi connectivity index (χ2n) is 5.26. The summed E-state index contributed by atoms with van der Waals surface area (Å²) in [6.07, 6.45) is 6.33. The van der Waals surface area contributed by atoms with E-state index in [1.54, 1.807) is 0 Å². The van der Waals surface area contributed by atoms with Crippen molar-refractivity contribution in [2.24, 2.45) is 11.8 Å². The Balaban J connectivity index is 1.68. The maximum atomic E-state index is 11.9. The third-order valence-corrected chi connectivity index (χ3v) is 4.27. The second kappa shape index (κ2) is 6.60. The van der Waals surface area contributed by atoms with E-state index < -0.39 is 0 Å². The fraction of sp³-hybridized carbons (Fsp3) is 0.923. The van der Waals surface area contributed by atoms with Crippen molar-refractivity contribution in [3.8, 4) is 0 Å². The van der Waals surface area contributed by atoms with Crippen LogP contribution in [0, 0.1) is 11.8 Å². The Hall–Kier alpha value is -0.280. The fourth-order valence-corrected chi connectivity index (χ4v) is 3.17. The summed E-state index contributed by atoms with van der Waals surface area (Å²) in [6, 6.07) is 0. The standard InChI is InChI=1S/C13H22ClNO2/c14-12-3-1-2-10(8-12)9-15-13(16)11-4-6-17-7-5-11/h10-12H,1-9H2,(H,15,16). The predicted molar refractivity (Wildman–Crippen MR) is 68.2 cm³/mol. The van der Waals surface area contributed by atoms with Crippen LogP contribution in [0.3, 0.4) is 0 Å². The Morgan fingerprint density at radius 2 is 2.00 bits per heavy atom. The normalized spacial score (nSPS) is 31.1. The highest BCUT2D eigenvalue weighted by atomic mass is 35.5. The average Bonchev–Trinajstić information content (AvgIpc) is 2.37. The molecule has 0 bridgehead atoms. The highest BCUT2D eigenvalue weighted by molar-refractivity contribution is 6.20. The monoisotopic (exact) mass is 259 g/mol. The molecule has 2 rings (SSSR count). The van der Waals surface area contributed by atoms with Gasteiger partial charge in [0.15, 0.2) is 0 Å². The number of nitrogens with one attached hydrogen (secondary N) is 1. The molecule has 4 heteroatoms. The molecule has 17 heavy (non-hydrogen) atoms. The van der Waals surface area contributed by atoms with Crippen LogP contribution in [-0.2, 0) is 9.53 Å². The van der Waals surface area contributed by atoms with E-state index in [0.717, 1.165) is 45.4 Å². The molecule has 3 nitrogen and oxygen atoms in total. The number of hydrogen-bond donors (Lipinski definition) is 1. The van der Waals surface area contributed by atoms with E-state index in [1.165, 1.54) is 12.8 Å². The van der Waals surface area contributed by atoms with Crippen molar-refractivity contribution < 1.29 is 9.53 Å². The zero-order valence-electron chi connectivity index (χ0n) is 10.3. The lowest BCUT2D eigenvalue weighted by Gasteiger charge is -2.27. The molecule has 0 aromatic rings. The Kier molecular flexibility index (Phi) is 5.11. The number of ether oxygens (including phenoxy) is 1. The molecule has 1 aliphatic carbocycles. The Labute approximate surface area is 108 Å². The van der Waals surface area contributed by atoms with Crippen LogP contribution in [0.1, 0.15) is 38.5 Å². The smallest absolute Gasteiger partial charge is 0.223 e. The van der Waals surface area contributed by atoms with Gasteiger partial charge in [0, 0.05) is 31.1 Å². The van der Waals surface area contributed by atoms with E-state index >= 15 is 0 Å². The summed E-state index contributed by atoms with van der Waals surface area (Å²) in [6.45, 7) is 2.26. The lowest BCUT2D eigenvalue weighted by atomic mass is 9.88. The molecule has 98 valence electrons. The summed E-state index contributed by atoms with van der Waals surface area (Å²) in [4.78, 5) is 11.9. The van der Waals surface area contributed by atoms with Crippen LogP contribution in [0.5, 0.6) is 0 Å². The maximum absolute atomic E-state index is 11.9. The minimum Gasteiger partial charge on any atom is -0.381 e. The van der Waals surface area contributed by atoms with Crippen molar-refractivity contribution in [3.05, 3.63) is 0 Å². The van der Waals surface area contributed by atoms with E-state index in [-0.39, 0.29) is 11.8 Å². The van der Waals surface area contributed by atoms with E-state index in [2.05, 4.69) is 5.32 Å². The molecule has 2 aliphatic rings. The molecular formula is C13H22ClNO2. The van der Waals surface area contributed by atoms with Gasteiger partial charge in [0.25, 0.3) is 0 Å². The predicted octanol–water partition coefficient (Wildman–Crippen LogP) is 2.33. The van der Waals surface area contributed by atoms with Crippen LogP contribution in [0.25, 0.3) is 0 Å². The third-order valence-electron chi connectivity index (χ3n) is 3.88. The van der Waals surface area contributed by atoms with E-state index in [1.807, 2.05) is 0 Å². The van der Waals surface area contributed by atoms with Crippen LogP contribution in [-0.4, -0.2) is 31.0 Å². The summed E-state index contributed by atoms with van der Waals surface area (Å²) in [7, 11) is 0. The largest absolute Gasteiger partial charge is 0.381 e. The third kappa shape index (κ3) is 4.14. The van der Waals surface area contributed by atoms with Crippen molar-refractivity contribution >= 4 is 17.5 Å². The molecule has 1 saturated carbocycles. The average molecular weight is 260 g/mol. The number of carbonyl (C=O) groups is 1. The van der Waals surface area contributed by atoms with Crippen LogP contribution >= 0.6 is 11.6 Å². The number of rotatable bonds is 3. The summed E-state index contributed by atoms with van der Waals surface area (Å²) >= 11 is 6.15. The van der Waals surface area contributed by atoms with E-state index in [9.17, 15) is 4.79 Å². The van der Waals surface area contributed by atoms with Crippen molar-refractivity contribution in [2.45, 2.75) is 43.9 Å². The topological polar surface area (TPSA) is 38.3 Å². The SMILES string of the molecule is O=C(NCC1CCCC(Cl)C1)C1CCOCC1. The molecule has 0 aromatic heterocycles. The lowest BCUT2D eigenvalue weighted by Crippen LogP contribution is -2.38. The van der Waals surface area contributed by atoms with Crippen LogP contribution in [0.4, 0.5) is 0 Å². The molecule has 1 amide bonds. The molecule has 0 radical (unpaired) electrons. The first-order chi connectivity index (χ1) is 8.25. The molecule has 1 aliphatic heterocycles. The minimum atomic E-state index is 0.166. The van der Waals surface area contributed by atoms with Gasteiger partial charge in [-0.25, -0.2) is 0 Å². The first-order valence-electron chi connectivity index (χ1n) is 6.75. The number of alkyl halides is 1. The zero-order chi connectivity index (χ0) is 12.1. The maximum Gasteiger partial charge on any atom is 0.223 e. The molecular weight excluding hydrogens is 238 g/mol.